The highest BCUT2D eigenvalue weighted by molar-refractivity contribution is 5.65. The van der Waals surface area contributed by atoms with Crippen LogP contribution in [0.2, 0.25) is 0 Å². The van der Waals surface area contributed by atoms with E-state index in [0.717, 1.165) is 24.1 Å². The number of pyridine rings is 1. The second kappa shape index (κ2) is 5.38. The SMILES string of the molecule is COC1(c2cc(-c3noc([C@H](C)NC(=O)O)n3)ccn2)CC1. The molecule has 0 aromatic carbocycles. The molecule has 0 spiro atoms. The first kappa shape index (κ1) is 14.5. The number of aromatic nitrogens is 3. The molecule has 2 heterocycles. The van der Waals surface area contributed by atoms with Gasteiger partial charge in [-0.1, -0.05) is 5.16 Å². The van der Waals surface area contributed by atoms with E-state index in [9.17, 15) is 4.79 Å². The maximum atomic E-state index is 10.6. The van der Waals surface area contributed by atoms with Crippen LogP contribution in [0.3, 0.4) is 0 Å². The Morgan fingerprint density at radius 3 is 2.95 bits per heavy atom. The minimum absolute atomic E-state index is 0.212. The van der Waals surface area contributed by atoms with Gasteiger partial charge in [-0.2, -0.15) is 4.98 Å². The molecule has 0 aliphatic heterocycles. The standard InChI is InChI=1S/C14H16N4O4/c1-8(16-13(19)20)12-17-11(18-22-12)9-3-6-15-10(7-9)14(21-2)4-5-14/h3,6-8,16H,4-5H2,1-2H3,(H,19,20)/t8-/m0/s1. The maximum absolute atomic E-state index is 10.6. The molecule has 1 fully saturated rings. The van der Waals surface area contributed by atoms with Crippen molar-refractivity contribution in [1.29, 1.82) is 0 Å². The summed E-state index contributed by atoms with van der Waals surface area (Å²) in [5.74, 6) is 0.605. The van der Waals surface area contributed by atoms with Crippen molar-refractivity contribution in [2.75, 3.05) is 7.11 Å². The Balaban J connectivity index is 1.84. The minimum Gasteiger partial charge on any atom is -0.465 e. The van der Waals surface area contributed by atoms with Gasteiger partial charge >= 0.3 is 6.09 Å². The van der Waals surface area contributed by atoms with Crippen LogP contribution >= 0.6 is 0 Å². The molecule has 8 nitrogen and oxygen atoms in total. The predicted molar refractivity (Wildman–Crippen MR) is 75.0 cm³/mol. The van der Waals surface area contributed by atoms with Crippen LogP contribution in [0, 0.1) is 0 Å². The Hall–Kier alpha value is -2.48. The topological polar surface area (TPSA) is 110 Å². The van der Waals surface area contributed by atoms with Crippen molar-refractivity contribution >= 4 is 6.09 Å². The zero-order valence-electron chi connectivity index (χ0n) is 12.2. The second-order valence-corrected chi connectivity index (χ2v) is 5.26. The van der Waals surface area contributed by atoms with Gasteiger partial charge in [0.2, 0.25) is 11.7 Å². The van der Waals surface area contributed by atoms with Crippen molar-refractivity contribution in [2.24, 2.45) is 0 Å². The van der Waals surface area contributed by atoms with E-state index in [2.05, 4.69) is 20.4 Å². The van der Waals surface area contributed by atoms with Gasteiger partial charge in [0.1, 0.15) is 11.6 Å². The quantitative estimate of drug-likeness (QED) is 0.870. The number of hydrogen-bond acceptors (Lipinski definition) is 6. The Kier molecular flexibility index (Phi) is 3.53. The summed E-state index contributed by atoms with van der Waals surface area (Å²) in [4.78, 5) is 19.2. The van der Waals surface area contributed by atoms with Crippen molar-refractivity contribution in [1.82, 2.24) is 20.4 Å². The largest absolute Gasteiger partial charge is 0.465 e. The van der Waals surface area contributed by atoms with Crippen LogP contribution in [0.25, 0.3) is 11.4 Å². The lowest BCUT2D eigenvalue weighted by atomic mass is 10.1. The number of amides is 1. The fourth-order valence-electron chi connectivity index (χ4n) is 2.27. The molecule has 1 amide bonds. The molecule has 1 saturated carbocycles. The first-order valence-electron chi connectivity index (χ1n) is 6.89. The zero-order valence-corrected chi connectivity index (χ0v) is 12.2. The van der Waals surface area contributed by atoms with Gasteiger partial charge in [-0.3, -0.25) is 4.98 Å². The first-order valence-corrected chi connectivity index (χ1v) is 6.89. The molecule has 116 valence electrons. The molecule has 3 rings (SSSR count). The monoisotopic (exact) mass is 304 g/mol. The molecule has 0 unspecified atom stereocenters. The van der Waals surface area contributed by atoms with Crippen LogP contribution in [-0.4, -0.2) is 33.4 Å². The molecule has 1 atom stereocenters. The summed E-state index contributed by atoms with van der Waals surface area (Å²) < 4.78 is 10.6. The lowest BCUT2D eigenvalue weighted by molar-refractivity contribution is 0.0752. The summed E-state index contributed by atoms with van der Waals surface area (Å²) >= 11 is 0. The summed E-state index contributed by atoms with van der Waals surface area (Å²) in [5.41, 5.74) is 1.31. The number of methoxy groups -OCH3 is 1. The molecule has 0 bridgehead atoms. The van der Waals surface area contributed by atoms with E-state index in [1.165, 1.54) is 0 Å². The molecular formula is C14H16N4O4. The van der Waals surface area contributed by atoms with Crippen molar-refractivity contribution in [3.8, 4) is 11.4 Å². The third kappa shape index (κ3) is 2.64. The van der Waals surface area contributed by atoms with Crippen LogP contribution < -0.4 is 5.32 Å². The maximum Gasteiger partial charge on any atom is 0.405 e. The second-order valence-electron chi connectivity index (χ2n) is 5.26. The van der Waals surface area contributed by atoms with Gasteiger partial charge < -0.3 is 19.7 Å². The normalized spacial score (nSPS) is 17.0. The molecule has 22 heavy (non-hydrogen) atoms. The Morgan fingerprint density at radius 2 is 2.32 bits per heavy atom. The van der Waals surface area contributed by atoms with E-state index < -0.39 is 12.1 Å². The van der Waals surface area contributed by atoms with Crippen LogP contribution in [0.5, 0.6) is 0 Å². The van der Waals surface area contributed by atoms with Gasteiger partial charge in [0, 0.05) is 18.9 Å². The lowest BCUT2D eigenvalue weighted by Gasteiger charge is -2.12. The highest BCUT2D eigenvalue weighted by Crippen LogP contribution is 2.48. The molecule has 0 radical (unpaired) electrons. The van der Waals surface area contributed by atoms with Crippen LogP contribution in [0.1, 0.15) is 37.4 Å². The number of carbonyl (C=O) groups is 1. The molecule has 0 saturated heterocycles. The van der Waals surface area contributed by atoms with Gasteiger partial charge in [-0.05, 0) is 31.9 Å². The van der Waals surface area contributed by atoms with E-state index in [4.69, 9.17) is 14.4 Å². The predicted octanol–water partition coefficient (Wildman–Crippen LogP) is 2.10. The van der Waals surface area contributed by atoms with Gasteiger partial charge in [-0.25, -0.2) is 4.79 Å². The van der Waals surface area contributed by atoms with Gasteiger partial charge in [0.15, 0.2) is 0 Å². The summed E-state index contributed by atoms with van der Waals surface area (Å²) in [7, 11) is 1.67. The van der Waals surface area contributed by atoms with E-state index in [-0.39, 0.29) is 11.5 Å². The third-order valence-corrected chi connectivity index (χ3v) is 3.73. The van der Waals surface area contributed by atoms with Crippen molar-refractivity contribution in [3.63, 3.8) is 0 Å². The third-order valence-electron chi connectivity index (χ3n) is 3.73. The van der Waals surface area contributed by atoms with Crippen LogP contribution in [-0.2, 0) is 10.3 Å². The van der Waals surface area contributed by atoms with E-state index >= 15 is 0 Å². The molecule has 2 N–H and O–H groups in total. The van der Waals surface area contributed by atoms with Crippen molar-refractivity contribution < 1.29 is 19.2 Å². The van der Waals surface area contributed by atoms with Crippen molar-refractivity contribution in [2.45, 2.75) is 31.4 Å². The van der Waals surface area contributed by atoms with Crippen LogP contribution in [0.15, 0.2) is 22.9 Å². The van der Waals surface area contributed by atoms with Gasteiger partial charge in [0.05, 0.1) is 5.69 Å². The highest BCUT2D eigenvalue weighted by Gasteiger charge is 2.46. The number of carboxylic acid groups (broad SMARTS) is 1. The fourth-order valence-corrected chi connectivity index (χ4v) is 2.27. The number of nitrogens with zero attached hydrogens (tertiary/aromatic N) is 3. The van der Waals surface area contributed by atoms with Crippen LogP contribution in [0.4, 0.5) is 4.79 Å². The molecular weight excluding hydrogens is 288 g/mol. The summed E-state index contributed by atoms with van der Waals surface area (Å²) in [6.07, 6.45) is 2.42. The van der Waals surface area contributed by atoms with E-state index in [0.29, 0.717) is 5.82 Å². The first-order chi connectivity index (χ1) is 10.5. The molecule has 2 aromatic heterocycles. The Morgan fingerprint density at radius 1 is 1.55 bits per heavy atom. The smallest absolute Gasteiger partial charge is 0.405 e. The summed E-state index contributed by atoms with van der Waals surface area (Å²) in [5, 5.41) is 14.9. The Bertz CT molecular complexity index is 696. The fraction of sp³-hybridized carbons (Fsp3) is 0.429. The average molecular weight is 304 g/mol. The minimum atomic E-state index is -1.14. The Labute approximate surface area is 126 Å². The summed E-state index contributed by atoms with van der Waals surface area (Å²) in [6, 6.07) is 3.08. The molecule has 8 heteroatoms. The number of hydrogen-bond donors (Lipinski definition) is 2. The van der Waals surface area contributed by atoms with Crippen molar-refractivity contribution in [3.05, 3.63) is 29.9 Å². The average Bonchev–Trinajstić information content (AvgIpc) is 3.15. The number of rotatable bonds is 5. The number of nitrogens with one attached hydrogen (secondary N) is 1. The lowest BCUT2D eigenvalue weighted by Crippen LogP contribution is -2.24. The van der Waals surface area contributed by atoms with Gasteiger partial charge in [0.25, 0.3) is 0 Å². The zero-order chi connectivity index (χ0) is 15.7. The van der Waals surface area contributed by atoms with E-state index in [1.54, 1.807) is 26.3 Å². The molecule has 1 aliphatic carbocycles. The highest BCUT2D eigenvalue weighted by atomic mass is 16.5. The summed E-state index contributed by atoms with van der Waals surface area (Å²) in [6.45, 7) is 1.63. The number of ether oxygens (including phenoxy) is 1. The molecule has 2 aromatic rings. The molecule has 1 aliphatic rings. The van der Waals surface area contributed by atoms with E-state index in [1.807, 2.05) is 6.07 Å². The van der Waals surface area contributed by atoms with Gasteiger partial charge in [-0.15, -0.1) is 0 Å².